The molecule has 6 nitrogen and oxygen atoms in total. The fourth-order valence-corrected chi connectivity index (χ4v) is 2.35. The van der Waals surface area contributed by atoms with Gasteiger partial charge in [0.1, 0.15) is 11.8 Å². The van der Waals surface area contributed by atoms with E-state index in [9.17, 15) is 9.18 Å². The van der Waals surface area contributed by atoms with Gasteiger partial charge in [0.2, 0.25) is 0 Å². The van der Waals surface area contributed by atoms with Gasteiger partial charge in [-0.2, -0.15) is 5.10 Å². The summed E-state index contributed by atoms with van der Waals surface area (Å²) in [6.45, 7) is 5.90. The molecule has 2 unspecified atom stereocenters. The highest BCUT2D eigenvalue weighted by Gasteiger charge is 2.32. The number of aryl methyl sites for hydroxylation is 1. The molecule has 118 valence electrons. The number of nitrogens with zero attached hydrogens (tertiary/aromatic N) is 3. The zero-order chi connectivity index (χ0) is 15.6. The second-order valence-corrected chi connectivity index (χ2v) is 6.46. The van der Waals surface area contributed by atoms with Gasteiger partial charge in [0.25, 0.3) is 0 Å². The number of aromatic nitrogens is 2. The fraction of sp³-hybridized carbons (Fsp3) is 0.714. The Hall–Kier alpha value is -1.79. The molecule has 0 radical (unpaired) electrons. The highest BCUT2D eigenvalue weighted by atomic mass is 19.1. The Kier molecular flexibility index (Phi) is 4.39. The molecule has 1 aliphatic heterocycles. The van der Waals surface area contributed by atoms with Crippen molar-refractivity contribution in [2.24, 2.45) is 7.05 Å². The van der Waals surface area contributed by atoms with Gasteiger partial charge in [-0.25, -0.2) is 9.18 Å². The summed E-state index contributed by atoms with van der Waals surface area (Å²) in [6.07, 6.45) is 2.34. The largest absolute Gasteiger partial charge is 0.444 e. The fourth-order valence-electron chi connectivity index (χ4n) is 2.35. The third-order valence-electron chi connectivity index (χ3n) is 3.13. The number of alkyl halides is 1. The third-order valence-corrected chi connectivity index (χ3v) is 3.13. The molecule has 2 rings (SSSR count). The molecule has 1 amide bonds. The summed E-state index contributed by atoms with van der Waals surface area (Å²) in [6, 6.07) is -0.148. The van der Waals surface area contributed by atoms with E-state index in [2.05, 4.69) is 10.4 Å². The van der Waals surface area contributed by atoms with Crippen LogP contribution in [0.25, 0.3) is 0 Å². The lowest BCUT2D eigenvalue weighted by Gasteiger charge is -2.36. The summed E-state index contributed by atoms with van der Waals surface area (Å²) in [5, 5.41) is 7.27. The zero-order valence-corrected chi connectivity index (χ0v) is 13.0. The van der Waals surface area contributed by atoms with Crippen LogP contribution in [0, 0.1) is 0 Å². The van der Waals surface area contributed by atoms with E-state index < -0.39 is 17.9 Å². The molecule has 1 saturated heterocycles. The minimum Gasteiger partial charge on any atom is -0.444 e. The summed E-state index contributed by atoms with van der Waals surface area (Å²) < 4.78 is 20.8. The molecular weight excluding hydrogens is 275 g/mol. The molecule has 1 aromatic rings. The first-order valence-electron chi connectivity index (χ1n) is 7.10. The highest BCUT2D eigenvalue weighted by Crippen LogP contribution is 2.20. The first-order valence-corrected chi connectivity index (χ1v) is 7.10. The first-order chi connectivity index (χ1) is 9.73. The van der Waals surface area contributed by atoms with Crippen LogP contribution in [-0.4, -0.2) is 51.7 Å². The van der Waals surface area contributed by atoms with Gasteiger partial charge in [-0.1, -0.05) is 0 Å². The van der Waals surface area contributed by atoms with E-state index in [4.69, 9.17) is 4.74 Å². The van der Waals surface area contributed by atoms with Gasteiger partial charge in [0, 0.05) is 32.3 Å². The van der Waals surface area contributed by atoms with Gasteiger partial charge >= 0.3 is 6.09 Å². The van der Waals surface area contributed by atoms with Crippen molar-refractivity contribution in [1.29, 1.82) is 0 Å². The molecule has 0 saturated carbocycles. The molecule has 1 aromatic heterocycles. The van der Waals surface area contributed by atoms with Crippen molar-refractivity contribution in [1.82, 2.24) is 14.7 Å². The Labute approximate surface area is 124 Å². The van der Waals surface area contributed by atoms with Crippen molar-refractivity contribution in [3.05, 3.63) is 12.4 Å². The van der Waals surface area contributed by atoms with E-state index in [1.807, 2.05) is 13.2 Å². The van der Waals surface area contributed by atoms with Gasteiger partial charge in [0.15, 0.2) is 0 Å². The van der Waals surface area contributed by atoms with Gasteiger partial charge in [0.05, 0.1) is 18.4 Å². The Morgan fingerprint density at radius 1 is 1.48 bits per heavy atom. The minimum absolute atomic E-state index is 0.0835. The van der Waals surface area contributed by atoms with Crippen LogP contribution in [-0.2, 0) is 11.8 Å². The average molecular weight is 298 g/mol. The maximum atomic E-state index is 13.9. The molecular formula is C14H23FN4O2. The number of piperidine rings is 1. The average Bonchev–Trinajstić information content (AvgIpc) is 2.71. The third kappa shape index (κ3) is 4.61. The Morgan fingerprint density at radius 2 is 2.19 bits per heavy atom. The van der Waals surface area contributed by atoms with Crippen molar-refractivity contribution >= 4 is 11.8 Å². The maximum Gasteiger partial charge on any atom is 0.410 e. The number of amides is 1. The van der Waals surface area contributed by atoms with Crippen LogP contribution in [0.15, 0.2) is 12.4 Å². The van der Waals surface area contributed by atoms with E-state index in [-0.39, 0.29) is 12.6 Å². The van der Waals surface area contributed by atoms with E-state index in [0.717, 1.165) is 5.69 Å². The van der Waals surface area contributed by atoms with Gasteiger partial charge in [-0.05, 0) is 20.8 Å². The summed E-state index contributed by atoms with van der Waals surface area (Å²) in [5.74, 6) is 0. The SMILES string of the molecule is Cn1cc(NC2CC(F)CN(C(=O)OC(C)(C)C)C2)cn1. The summed E-state index contributed by atoms with van der Waals surface area (Å²) in [4.78, 5) is 13.5. The lowest BCUT2D eigenvalue weighted by atomic mass is 10.0. The summed E-state index contributed by atoms with van der Waals surface area (Å²) in [7, 11) is 1.82. The normalized spacial score (nSPS) is 23.0. The maximum absolute atomic E-state index is 13.9. The number of nitrogens with one attached hydrogen (secondary N) is 1. The second kappa shape index (κ2) is 5.91. The lowest BCUT2D eigenvalue weighted by Crippen LogP contribution is -2.51. The van der Waals surface area contributed by atoms with Gasteiger partial charge in [-0.3, -0.25) is 4.68 Å². The number of rotatable bonds is 2. The summed E-state index contributed by atoms with van der Waals surface area (Å²) in [5.41, 5.74) is 0.243. The number of hydrogen-bond donors (Lipinski definition) is 1. The molecule has 0 bridgehead atoms. The van der Waals surface area contributed by atoms with Crippen molar-refractivity contribution in [3.8, 4) is 0 Å². The Balaban J connectivity index is 1.97. The standard InChI is InChI=1S/C14H23FN4O2/c1-14(2,3)21-13(20)19-7-10(15)5-11(9-19)17-12-6-16-18(4)8-12/h6,8,10-11,17H,5,7,9H2,1-4H3. The van der Waals surface area contributed by atoms with Crippen LogP contribution in [0.5, 0.6) is 0 Å². The molecule has 1 N–H and O–H groups in total. The highest BCUT2D eigenvalue weighted by molar-refractivity contribution is 5.68. The van der Waals surface area contributed by atoms with Crippen molar-refractivity contribution in [3.63, 3.8) is 0 Å². The number of carbonyl (C=O) groups is 1. The van der Waals surface area contributed by atoms with Crippen LogP contribution in [0.1, 0.15) is 27.2 Å². The molecule has 0 aromatic carbocycles. The van der Waals surface area contributed by atoms with E-state index >= 15 is 0 Å². The molecule has 1 fully saturated rings. The van der Waals surface area contributed by atoms with Crippen LogP contribution in [0.2, 0.25) is 0 Å². The predicted octanol–water partition coefficient (Wildman–Crippen LogP) is 2.18. The summed E-state index contributed by atoms with van der Waals surface area (Å²) >= 11 is 0. The molecule has 2 atom stereocenters. The molecule has 2 heterocycles. The number of carbonyl (C=O) groups excluding carboxylic acids is 1. The van der Waals surface area contributed by atoms with Crippen LogP contribution >= 0.6 is 0 Å². The van der Waals surface area contributed by atoms with E-state index in [1.165, 1.54) is 4.90 Å². The number of ether oxygens (including phenoxy) is 1. The quantitative estimate of drug-likeness (QED) is 0.909. The number of anilines is 1. The van der Waals surface area contributed by atoms with Gasteiger partial charge in [-0.15, -0.1) is 0 Å². The molecule has 21 heavy (non-hydrogen) atoms. The number of hydrogen-bond acceptors (Lipinski definition) is 4. The molecule has 1 aliphatic rings. The van der Waals surface area contributed by atoms with Crippen LogP contribution in [0.4, 0.5) is 14.9 Å². The van der Waals surface area contributed by atoms with Crippen molar-refractivity contribution < 1.29 is 13.9 Å². The Morgan fingerprint density at radius 3 is 2.76 bits per heavy atom. The van der Waals surface area contributed by atoms with Crippen molar-refractivity contribution in [2.45, 2.75) is 45.0 Å². The van der Waals surface area contributed by atoms with Gasteiger partial charge < -0.3 is 15.0 Å². The van der Waals surface area contributed by atoms with E-state index in [1.54, 1.807) is 31.6 Å². The topological polar surface area (TPSA) is 59.4 Å². The minimum atomic E-state index is -1.06. The van der Waals surface area contributed by atoms with Crippen molar-refractivity contribution in [2.75, 3.05) is 18.4 Å². The number of halogens is 1. The second-order valence-electron chi connectivity index (χ2n) is 6.46. The zero-order valence-electron chi connectivity index (χ0n) is 13.0. The predicted molar refractivity (Wildman–Crippen MR) is 77.9 cm³/mol. The number of likely N-dealkylation sites (tertiary alicyclic amines) is 1. The first kappa shape index (κ1) is 15.6. The molecule has 0 aliphatic carbocycles. The Bertz CT molecular complexity index is 497. The van der Waals surface area contributed by atoms with Crippen LogP contribution < -0.4 is 5.32 Å². The lowest BCUT2D eigenvalue weighted by molar-refractivity contribution is 0.0124. The monoisotopic (exact) mass is 298 g/mol. The molecule has 7 heteroatoms. The van der Waals surface area contributed by atoms with Crippen LogP contribution in [0.3, 0.4) is 0 Å². The smallest absolute Gasteiger partial charge is 0.410 e. The molecule has 0 spiro atoms. The van der Waals surface area contributed by atoms with E-state index in [0.29, 0.717) is 13.0 Å².